The van der Waals surface area contributed by atoms with Crippen molar-refractivity contribution < 1.29 is 15.0 Å². The Morgan fingerprint density at radius 1 is 1.12 bits per heavy atom. The Morgan fingerprint density at radius 3 is 2.25 bits per heavy atom. The summed E-state index contributed by atoms with van der Waals surface area (Å²) >= 11 is 0. The van der Waals surface area contributed by atoms with Gasteiger partial charge in [-0.3, -0.25) is 4.79 Å². The predicted molar refractivity (Wildman–Crippen MR) is 130 cm³/mol. The van der Waals surface area contributed by atoms with E-state index >= 15 is 0 Å². The zero-order valence-corrected chi connectivity index (χ0v) is 21.1. The first-order valence-electron chi connectivity index (χ1n) is 11.4. The van der Waals surface area contributed by atoms with Gasteiger partial charge in [0.05, 0.1) is 12.4 Å². The van der Waals surface area contributed by atoms with Crippen LogP contribution in [0.15, 0.2) is 18.5 Å². The lowest BCUT2D eigenvalue weighted by atomic mass is 9.99. The molecular weight excluding hydrogens is 408 g/mol. The standard InChI is InChI=1S/C16H22N6O.C3H8O2.2C2H6/c1-10-20-14(17-2)13-15(21-10)22(9-19-13)12-6-4-5-11(7-8-12)16(23)18-3;1-3(2,4)5;2*1-2/h4,6,9,11-12H,5,7-8H2,1-3H3,(H,18,23)(H,17,20,21);4-5H,1-2H3;2*1-2H3. The van der Waals surface area contributed by atoms with Crippen LogP contribution in [0.3, 0.4) is 0 Å². The molecule has 2 unspecified atom stereocenters. The van der Waals surface area contributed by atoms with E-state index in [1.807, 2.05) is 48.0 Å². The van der Waals surface area contributed by atoms with Crippen LogP contribution in [0.1, 0.15) is 72.7 Å². The molecule has 1 aliphatic rings. The Hall–Kier alpha value is -2.52. The lowest BCUT2D eigenvalue weighted by Crippen LogP contribution is -2.26. The van der Waals surface area contributed by atoms with Crippen molar-refractivity contribution >= 4 is 22.9 Å². The fourth-order valence-electron chi connectivity index (χ4n) is 3.10. The fraction of sp³-hybridized carbons (Fsp3) is 0.652. The van der Waals surface area contributed by atoms with Crippen LogP contribution in [0.2, 0.25) is 0 Å². The van der Waals surface area contributed by atoms with Gasteiger partial charge in [-0.05, 0) is 40.0 Å². The number of anilines is 1. The van der Waals surface area contributed by atoms with E-state index in [2.05, 4.69) is 42.3 Å². The maximum atomic E-state index is 11.9. The number of allylic oxidation sites excluding steroid dienone is 2. The molecular formula is C23H42N6O3. The molecule has 0 aliphatic heterocycles. The summed E-state index contributed by atoms with van der Waals surface area (Å²) in [6.45, 7) is 12.5. The topological polar surface area (TPSA) is 125 Å². The normalized spacial score (nSPS) is 17.5. The molecule has 3 rings (SSSR count). The van der Waals surface area contributed by atoms with Gasteiger partial charge in [-0.2, -0.15) is 0 Å². The number of aromatic nitrogens is 4. The molecule has 32 heavy (non-hydrogen) atoms. The second-order valence-corrected chi connectivity index (χ2v) is 7.31. The van der Waals surface area contributed by atoms with Crippen LogP contribution in [-0.2, 0) is 4.79 Å². The van der Waals surface area contributed by atoms with E-state index in [1.54, 1.807) is 7.05 Å². The third-order valence-electron chi connectivity index (χ3n) is 4.33. The van der Waals surface area contributed by atoms with Gasteiger partial charge in [0.25, 0.3) is 0 Å². The molecule has 2 aromatic heterocycles. The smallest absolute Gasteiger partial charge is 0.223 e. The van der Waals surface area contributed by atoms with Crippen LogP contribution in [0, 0.1) is 12.8 Å². The molecule has 0 fully saturated rings. The highest BCUT2D eigenvalue weighted by Gasteiger charge is 2.23. The van der Waals surface area contributed by atoms with Crippen LogP contribution < -0.4 is 10.6 Å². The summed E-state index contributed by atoms with van der Waals surface area (Å²) in [6, 6.07) is 0.161. The number of hydrogen-bond acceptors (Lipinski definition) is 7. The van der Waals surface area contributed by atoms with Crippen molar-refractivity contribution in [2.24, 2.45) is 5.92 Å². The Morgan fingerprint density at radius 2 is 1.72 bits per heavy atom. The number of hydrogen-bond donors (Lipinski definition) is 4. The number of fused-ring (bicyclic) bond motifs is 1. The molecule has 2 aromatic rings. The average Bonchev–Trinajstić information content (AvgIpc) is 3.03. The molecule has 0 saturated carbocycles. The van der Waals surface area contributed by atoms with Crippen molar-refractivity contribution in [3.05, 3.63) is 24.3 Å². The Bertz CT molecular complexity index is 836. The van der Waals surface area contributed by atoms with Gasteiger partial charge in [-0.15, -0.1) is 0 Å². The summed E-state index contributed by atoms with van der Waals surface area (Å²) in [5.41, 5.74) is 1.61. The van der Waals surface area contributed by atoms with Gasteiger partial charge in [0, 0.05) is 20.0 Å². The number of nitrogens with zero attached hydrogens (tertiary/aromatic N) is 4. The van der Waals surface area contributed by atoms with Crippen LogP contribution >= 0.6 is 0 Å². The largest absolute Gasteiger partial charge is 0.371 e. The molecule has 4 N–H and O–H groups in total. The van der Waals surface area contributed by atoms with E-state index in [1.165, 1.54) is 13.8 Å². The van der Waals surface area contributed by atoms with E-state index in [0.717, 1.165) is 36.2 Å². The number of carbonyl (C=O) groups is 1. The second-order valence-electron chi connectivity index (χ2n) is 7.31. The maximum Gasteiger partial charge on any atom is 0.223 e. The minimum atomic E-state index is -1.50. The lowest BCUT2D eigenvalue weighted by molar-refractivity contribution is -0.127. The van der Waals surface area contributed by atoms with Gasteiger partial charge in [0.2, 0.25) is 5.91 Å². The Labute approximate surface area is 192 Å². The minimum Gasteiger partial charge on any atom is -0.371 e. The van der Waals surface area contributed by atoms with E-state index in [9.17, 15) is 4.79 Å². The SMILES string of the molecule is CC.CC.CC(C)(O)O.CNC(=O)C1CC=CC(n2cnc3c(NC)nc(C)nc32)CC1. The third-order valence-corrected chi connectivity index (χ3v) is 4.33. The van der Waals surface area contributed by atoms with Crippen LogP contribution in [0.4, 0.5) is 5.82 Å². The predicted octanol–water partition coefficient (Wildman–Crippen LogP) is 3.58. The van der Waals surface area contributed by atoms with Crippen molar-refractivity contribution in [2.45, 2.75) is 79.6 Å². The number of aryl methyl sites for hydroxylation is 1. The maximum absolute atomic E-state index is 11.9. The molecule has 9 nitrogen and oxygen atoms in total. The van der Waals surface area contributed by atoms with E-state index in [4.69, 9.17) is 10.2 Å². The highest BCUT2D eigenvalue weighted by molar-refractivity contribution is 5.83. The summed E-state index contributed by atoms with van der Waals surface area (Å²) < 4.78 is 2.08. The summed E-state index contributed by atoms with van der Waals surface area (Å²) in [5.74, 6) is 0.109. The zero-order valence-electron chi connectivity index (χ0n) is 21.1. The molecule has 0 saturated heterocycles. The minimum absolute atomic E-state index is 0.0419. The molecule has 9 heteroatoms. The first-order valence-corrected chi connectivity index (χ1v) is 11.4. The highest BCUT2D eigenvalue weighted by atomic mass is 16.5. The van der Waals surface area contributed by atoms with Crippen molar-refractivity contribution in [3.8, 4) is 0 Å². The van der Waals surface area contributed by atoms with E-state index < -0.39 is 5.79 Å². The molecule has 2 atom stereocenters. The van der Waals surface area contributed by atoms with Crippen LogP contribution in [0.25, 0.3) is 11.2 Å². The van der Waals surface area contributed by atoms with Crippen molar-refractivity contribution in [2.75, 3.05) is 19.4 Å². The van der Waals surface area contributed by atoms with Gasteiger partial charge in [-0.1, -0.05) is 39.8 Å². The summed E-state index contributed by atoms with van der Waals surface area (Å²) in [6.07, 6.45) is 8.57. The number of aliphatic hydroxyl groups is 2. The van der Waals surface area contributed by atoms with Gasteiger partial charge in [0.1, 0.15) is 11.3 Å². The van der Waals surface area contributed by atoms with E-state index in [-0.39, 0.29) is 17.9 Å². The highest BCUT2D eigenvalue weighted by Crippen LogP contribution is 2.29. The molecule has 0 aromatic carbocycles. The quantitative estimate of drug-likeness (QED) is 0.416. The van der Waals surface area contributed by atoms with Crippen LogP contribution in [0.5, 0.6) is 0 Å². The molecule has 2 heterocycles. The third kappa shape index (κ3) is 9.32. The fourth-order valence-corrected chi connectivity index (χ4v) is 3.10. The van der Waals surface area contributed by atoms with Gasteiger partial charge >= 0.3 is 0 Å². The lowest BCUT2D eigenvalue weighted by Gasteiger charge is -2.16. The van der Waals surface area contributed by atoms with Crippen LogP contribution in [-0.4, -0.2) is 55.5 Å². The van der Waals surface area contributed by atoms with Crippen molar-refractivity contribution in [1.29, 1.82) is 0 Å². The molecule has 0 bridgehead atoms. The summed E-state index contributed by atoms with van der Waals surface area (Å²) in [7, 11) is 3.52. The Balaban J connectivity index is 0.000000928. The number of carbonyl (C=O) groups excluding carboxylic acids is 1. The monoisotopic (exact) mass is 450 g/mol. The number of rotatable bonds is 3. The van der Waals surface area contributed by atoms with Crippen molar-refractivity contribution in [3.63, 3.8) is 0 Å². The van der Waals surface area contributed by atoms with Gasteiger partial charge in [0.15, 0.2) is 17.3 Å². The molecule has 1 amide bonds. The molecule has 0 radical (unpaired) electrons. The zero-order chi connectivity index (χ0) is 24.9. The summed E-state index contributed by atoms with van der Waals surface area (Å²) in [4.78, 5) is 25.3. The molecule has 0 spiro atoms. The first-order chi connectivity index (χ1) is 15.1. The number of imidazole rings is 1. The molecule has 182 valence electrons. The first kappa shape index (κ1) is 29.5. The van der Waals surface area contributed by atoms with Gasteiger partial charge < -0.3 is 25.4 Å². The van der Waals surface area contributed by atoms with E-state index in [0.29, 0.717) is 5.82 Å². The second kappa shape index (κ2) is 14.5. The number of amides is 1. The number of nitrogens with one attached hydrogen (secondary N) is 2. The molecule has 1 aliphatic carbocycles. The average molecular weight is 451 g/mol. The Kier molecular flexibility index (Phi) is 13.4. The summed E-state index contributed by atoms with van der Waals surface area (Å²) in [5, 5.41) is 22.0. The van der Waals surface area contributed by atoms with Crippen molar-refractivity contribution in [1.82, 2.24) is 24.8 Å². The van der Waals surface area contributed by atoms with Gasteiger partial charge in [-0.25, -0.2) is 15.0 Å².